The molecule has 3 aromatic rings. The first-order valence-corrected chi connectivity index (χ1v) is 13.7. The van der Waals surface area contributed by atoms with Gasteiger partial charge in [-0.15, -0.1) is 0 Å². The van der Waals surface area contributed by atoms with Crippen molar-refractivity contribution < 1.29 is 14.3 Å². The maximum atomic E-state index is 13.6. The molecule has 0 spiro atoms. The van der Waals surface area contributed by atoms with Gasteiger partial charge in [0, 0.05) is 37.9 Å². The van der Waals surface area contributed by atoms with Crippen LogP contribution < -0.4 is 10.6 Å². The number of anilines is 1. The lowest BCUT2D eigenvalue weighted by Gasteiger charge is -2.36. The number of morpholine rings is 1. The molecule has 0 radical (unpaired) electrons. The summed E-state index contributed by atoms with van der Waals surface area (Å²) in [6, 6.07) is 22.2. The monoisotopic (exact) mass is 579 g/mol. The van der Waals surface area contributed by atoms with E-state index in [-0.39, 0.29) is 25.0 Å². The van der Waals surface area contributed by atoms with E-state index in [0.29, 0.717) is 41.1 Å². The Labute approximate surface area is 244 Å². The van der Waals surface area contributed by atoms with E-state index in [1.165, 1.54) is 0 Å². The number of halogens is 2. The summed E-state index contributed by atoms with van der Waals surface area (Å²) in [7, 11) is 1.79. The number of nitriles is 1. The summed E-state index contributed by atoms with van der Waals surface area (Å²) >= 11 is 12.3. The quantitative estimate of drug-likeness (QED) is 0.351. The largest absolute Gasteiger partial charge is 0.379 e. The zero-order valence-corrected chi connectivity index (χ0v) is 23.7. The number of nitrogens with zero attached hydrogens (tertiary/aromatic N) is 4. The number of hydrogen-bond acceptors (Lipinski definition) is 6. The number of benzene rings is 3. The van der Waals surface area contributed by atoms with Crippen LogP contribution in [0, 0.1) is 11.3 Å². The predicted octanol–water partition coefficient (Wildman–Crippen LogP) is 4.62. The summed E-state index contributed by atoms with van der Waals surface area (Å²) in [6.45, 7) is 3.54. The van der Waals surface area contributed by atoms with E-state index in [1.807, 2.05) is 36.4 Å². The maximum absolute atomic E-state index is 13.6. The van der Waals surface area contributed by atoms with E-state index in [1.54, 1.807) is 47.2 Å². The fourth-order valence-electron chi connectivity index (χ4n) is 4.66. The van der Waals surface area contributed by atoms with Crippen LogP contribution in [0.3, 0.4) is 0 Å². The van der Waals surface area contributed by atoms with E-state index < -0.39 is 5.91 Å². The molecule has 1 atom stereocenters. The molecule has 1 aliphatic rings. The fourth-order valence-corrected chi connectivity index (χ4v) is 4.95. The van der Waals surface area contributed by atoms with Gasteiger partial charge in [0.1, 0.15) is 6.54 Å². The SMILES string of the molecule is CN(C(=O)CN(CC#N)c1ccc(Cl)c(Cl)c1)C(CN1CCOCC1)c1ccc(-c2ccc(C(N)=O)cc2)cc1. The van der Waals surface area contributed by atoms with Gasteiger partial charge in [-0.3, -0.25) is 14.5 Å². The number of nitrogens with two attached hydrogens (primary N) is 1. The number of amides is 2. The van der Waals surface area contributed by atoms with Crippen molar-refractivity contribution in [3.05, 3.63) is 87.9 Å². The van der Waals surface area contributed by atoms with Crippen LogP contribution in [0.1, 0.15) is 22.0 Å². The number of carbonyl (C=O) groups is 2. The fraction of sp³-hybridized carbons (Fsp3) is 0.300. The van der Waals surface area contributed by atoms with Gasteiger partial charge < -0.3 is 20.3 Å². The molecule has 0 bridgehead atoms. The second kappa shape index (κ2) is 13.6. The molecule has 1 saturated heterocycles. The summed E-state index contributed by atoms with van der Waals surface area (Å²) in [5.41, 5.74) is 9.40. The van der Waals surface area contributed by atoms with Gasteiger partial charge in [0.2, 0.25) is 11.8 Å². The third-order valence-corrected chi connectivity index (χ3v) is 7.79. The molecular weight excluding hydrogens is 549 g/mol. The summed E-state index contributed by atoms with van der Waals surface area (Å²) in [5.74, 6) is -0.598. The normalized spacial score (nSPS) is 14.2. The van der Waals surface area contributed by atoms with Crippen molar-refractivity contribution in [2.75, 3.05) is 57.9 Å². The van der Waals surface area contributed by atoms with E-state index in [4.69, 9.17) is 33.7 Å². The Morgan fingerprint density at radius 2 is 1.62 bits per heavy atom. The molecule has 3 aromatic carbocycles. The molecule has 0 aromatic heterocycles. The number of primary amides is 1. The van der Waals surface area contributed by atoms with Crippen LogP contribution in [-0.2, 0) is 9.53 Å². The summed E-state index contributed by atoms with van der Waals surface area (Å²) in [4.78, 5) is 30.8. The standard InChI is InChI=1S/C30H31Cl2N5O3/c1-35(29(38)20-37(13-12-33)25-10-11-26(31)27(32)18-25)28(19-36-14-16-40-17-15-36)23-6-2-21(3-7-23)22-4-8-24(9-5-22)30(34)39/h2-11,18,28H,13-17,19-20H2,1H3,(H2,34,39). The van der Waals surface area contributed by atoms with Crippen LogP contribution >= 0.6 is 23.2 Å². The number of likely N-dealkylation sites (N-methyl/N-ethyl adjacent to an activating group) is 1. The van der Waals surface area contributed by atoms with Crippen LogP contribution in [0.4, 0.5) is 5.69 Å². The molecule has 1 unspecified atom stereocenters. The van der Waals surface area contributed by atoms with Crippen LogP contribution in [-0.4, -0.2) is 74.6 Å². The molecule has 1 heterocycles. The van der Waals surface area contributed by atoms with E-state index in [0.717, 1.165) is 29.8 Å². The Morgan fingerprint density at radius 3 is 2.20 bits per heavy atom. The van der Waals surface area contributed by atoms with Crippen molar-refractivity contribution in [2.45, 2.75) is 6.04 Å². The number of carbonyl (C=O) groups excluding carboxylic acids is 2. The zero-order valence-electron chi connectivity index (χ0n) is 22.2. The van der Waals surface area contributed by atoms with Crippen molar-refractivity contribution in [3.63, 3.8) is 0 Å². The highest BCUT2D eigenvalue weighted by Crippen LogP contribution is 2.29. The van der Waals surface area contributed by atoms with Crippen molar-refractivity contribution >= 4 is 40.7 Å². The summed E-state index contributed by atoms with van der Waals surface area (Å²) in [5, 5.41) is 10.2. The number of hydrogen-bond donors (Lipinski definition) is 1. The van der Waals surface area contributed by atoms with Crippen molar-refractivity contribution in [1.82, 2.24) is 9.80 Å². The Bertz CT molecular complexity index is 1370. The molecule has 1 fully saturated rings. The lowest BCUT2D eigenvalue weighted by atomic mass is 9.98. The molecular formula is C30H31Cl2N5O3. The Morgan fingerprint density at radius 1 is 1.00 bits per heavy atom. The molecule has 10 heteroatoms. The lowest BCUT2D eigenvalue weighted by molar-refractivity contribution is -0.131. The minimum Gasteiger partial charge on any atom is -0.379 e. The molecule has 4 rings (SSSR count). The Hall–Kier alpha value is -3.61. The third-order valence-electron chi connectivity index (χ3n) is 7.05. The molecule has 0 saturated carbocycles. The first kappa shape index (κ1) is 29.4. The second-order valence-corrected chi connectivity index (χ2v) is 10.4. The van der Waals surface area contributed by atoms with E-state index >= 15 is 0 Å². The first-order chi connectivity index (χ1) is 19.3. The highest BCUT2D eigenvalue weighted by atomic mass is 35.5. The van der Waals surface area contributed by atoms with Crippen LogP contribution in [0.2, 0.25) is 10.0 Å². The Balaban J connectivity index is 1.56. The molecule has 2 amide bonds. The van der Waals surface area contributed by atoms with Gasteiger partial charge in [-0.1, -0.05) is 59.6 Å². The summed E-state index contributed by atoms with van der Waals surface area (Å²) in [6.07, 6.45) is 0. The van der Waals surface area contributed by atoms with E-state index in [2.05, 4.69) is 11.0 Å². The summed E-state index contributed by atoms with van der Waals surface area (Å²) < 4.78 is 5.52. The van der Waals surface area contributed by atoms with Crippen LogP contribution in [0.25, 0.3) is 11.1 Å². The second-order valence-electron chi connectivity index (χ2n) is 9.61. The molecule has 2 N–H and O–H groups in total. The van der Waals surface area contributed by atoms with Gasteiger partial charge in [0.05, 0.1) is 41.9 Å². The van der Waals surface area contributed by atoms with Gasteiger partial charge in [-0.2, -0.15) is 5.26 Å². The minimum atomic E-state index is -0.465. The van der Waals surface area contributed by atoms with Gasteiger partial charge in [-0.25, -0.2) is 0 Å². The predicted molar refractivity (Wildman–Crippen MR) is 157 cm³/mol. The average molecular weight is 581 g/mol. The lowest BCUT2D eigenvalue weighted by Crippen LogP contribution is -2.46. The maximum Gasteiger partial charge on any atom is 0.248 e. The van der Waals surface area contributed by atoms with Gasteiger partial charge in [0.25, 0.3) is 0 Å². The molecule has 0 aliphatic carbocycles. The van der Waals surface area contributed by atoms with Crippen molar-refractivity contribution in [2.24, 2.45) is 5.73 Å². The molecule has 208 valence electrons. The first-order valence-electron chi connectivity index (χ1n) is 12.9. The van der Waals surface area contributed by atoms with Crippen molar-refractivity contribution in [1.29, 1.82) is 5.26 Å². The highest BCUT2D eigenvalue weighted by Gasteiger charge is 2.27. The minimum absolute atomic E-state index is 0.00588. The van der Waals surface area contributed by atoms with Gasteiger partial charge in [-0.05, 0) is 47.0 Å². The highest BCUT2D eigenvalue weighted by molar-refractivity contribution is 6.42. The smallest absolute Gasteiger partial charge is 0.248 e. The topological polar surface area (TPSA) is 103 Å². The molecule has 1 aliphatic heterocycles. The van der Waals surface area contributed by atoms with Gasteiger partial charge >= 0.3 is 0 Å². The van der Waals surface area contributed by atoms with Crippen LogP contribution in [0.5, 0.6) is 0 Å². The van der Waals surface area contributed by atoms with Crippen LogP contribution in [0.15, 0.2) is 66.7 Å². The molecule has 40 heavy (non-hydrogen) atoms. The average Bonchev–Trinajstić information content (AvgIpc) is 2.97. The third kappa shape index (κ3) is 7.32. The Kier molecular flexibility index (Phi) is 10.0. The zero-order chi connectivity index (χ0) is 28.6. The van der Waals surface area contributed by atoms with E-state index in [9.17, 15) is 14.9 Å². The number of ether oxygens (including phenoxy) is 1. The van der Waals surface area contributed by atoms with Crippen molar-refractivity contribution in [3.8, 4) is 17.2 Å². The molecule has 8 nitrogen and oxygen atoms in total. The number of rotatable bonds is 10. The van der Waals surface area contributed by atoms with Gasteiger partial charge in [0.15, 0.2) is 0 Å².